The van der Waals surface area contributed by atoms with Crippen LogP contribution < -0.4 is 9.47 Å². The van der Waals surface area contributed by atoms with Gasteiger partial charge in [-0.05, 0) is 68.1 Å². The van der Waals surface area contributed by atoms with E-state index in [1.54, 1.807) is 30.3 Å². The van der Waals surface area contributed by atoms with Crippen molar-refractivity contribution in [2.45, 2.75) is 57.9 Å². The summed E-state index contributed by atoms with van der Waals surface area (Å²) in [6, 6.07) is 17.5. The Hall–Kier alpha value is -4.01. The van der Waals surface area contributed by atoms with Crippen molar-refractivity contribution in [2.24, 2.45) is 5.41 Å². The van der Waals surface area contributed by atoms with Crippen molar-refractivity contribution in [2.75, 3.05) is 13.1 Å². The third-order valence-corrected chi connectivity index (χ3v) is 8.71. The number of carbonyl (C=O) groups is 1. The minimum absolute atomic E-state index is 0.00569. The summed E-state index contributed by atoms with van der Waals surface area (Å²) in [4.78, 5) is 23.4. The summed E-state index contributed by atoms with van der Waals surface area (Å²) < 4.78 is 28.7. The molecule has 222 valence electrons. The first kappa shape index (κ1) is 29.1. The zero-order chi connectivity index (χ0) is 30.0. The summed E-state index contributed by atoms with van der Waals surface area (Å²) in [6.07, 6.45) is 4.09. The summed E-state index contributed by atoms with van der Waals surface area (Å²) in [6.45, 7) is 3.03. The van der Waals surface area contributed by atoms with Crippen molar-refractivity contribution < 1.29 is 23.8 Å². The molecule has 1 N–H and O–H groups in total. The first-order valence-corrected chi connectivity index (χ1v) is 15.1. The molecular weight excluding hydrogens is 617 g/mol. The second-order valence-electron chi connectivity index (χ2n) is 11.4. The van der Waals surface area contributed by atoms with E-state index in [9.17, 15) is 19.6 Å². The lowest BCUT2D eigenvalue weighted by Crippen LogP contribution is -2.38. The fourth-order valence-electron chi connectivity index (χ4n) is 5.58. The van der Waals surface area contributed by atoms with Crippen molar-refractivity contribution in [1.82, 2.24) is 19.4 Å². The number of imidazole rings is 1. The van der Waals surface area contributed by atoms with Crippen LogP contribution in [0.1, 0.15) is 54.0 Å². The largest absolute Gasteiger partial charge is 0.484 e. The van der Waals surface area contributed by atoms with Crippen LogP contribution >= 0.6 is 15.9 Å². The molecule has 4 aromatic rings. The highest BCUT2D eigenvalue weighted by Gasteiger charge is 2.43. The van der Waals surface area contributed by atoms with Gasteiger partial charge in [-0.25, -0.2) is 19.2 Å². The number of ether oxygens (including phenoxy) is 2. The zero-order valence-corrected chi connectivity index (χ0v) is 25.1. The van der Waals surface area contributed by atoms with Gasteiger partial charge >= 0.3 is 5.97 Å². The molecule has 2 fully saturated rings. The Bertz CT molecular complexity index is 1690. The summed E-state index contributed by atoms with van der Waals surface area (Å²) >= 11 is 3.24. The van der Waals surface area contributed by atoms with Gasteiger partial charge in [0.05, 0.1) is 34.9 Å². The number of carboxylic acids is 1. The van der Waals surface area contributed by atoms with E-state index >= 15 is 0 Å². The molecule has 0 spiro atoms. The van der Waals surface area contributed by atoms with Gasteiger partial charge in [-0.1, -0.05) is 22.0 Å². The van der Waals surface area contributed by atoms with Crippen LogP contribution in [0, 0.1) is 22.6 Å². The number of fused-ring (bicyclic) bond motifs is 1. The van der Waals surface area contributed by atoms with E-state index < -0.39 is 11.8 Å². The Kier molecular flexibility index (Phi) is 8.32. The number of rotatable bonds is 11. The SMILES string of the molecule is N#CCC1(Cn2c(CN3CCC(Oc4cccc(COc5ccc(Br)cc5F)n4)CC3)nc3ccc(C(=O)O)cc32)CC1. The smallest absolute Gasteiger partial charge is 0.335 e. The molecule has 11 heteroatoms. The summed E-state index contributed by atoms with van der Waals surface area (Å²) in [5.41, 5.74) is 2.38. The van der Waals surface area contributed by atoms with Crippen LogP contribution in [-0.4, -0.2) is 49.7 Å². The van der Waals surface area contributed by atoms with Crippen LogP contribution in [0.3, 0.4) is 0 Å². The Labute approximate surface area is 257 Å². The van der Waals surface area contributed by atoms with E-state index in [4.69, 9.17) is 14.5 Å². The fraction of sp³-hybridized carbons (Fsp3) is 0.375. The Morgan fingerprint density at radius 1 is 1.14 bits per heavy atom. The lowest BCUT2D eigenvalue weighted by molar-refractivity contribution is 0.0697. The lowest BCUT2D eigenvalue weighted by Gasteiger charge is -2.32. The molecule has 1 saturated carbocycles. The van der Waals surface area contributed by atoms with Crippen LogP contribution in [-0.2, 0) is 19.7 Å². The highest BCUT2D eigenvalue weighted by molar-refractivity contribution is 9.10. The van der Waals surface area contributed by atoms with Crippen molar-refractivity contribution >= 4 is 32.9 Å². The van der Waals surface area contributed by atoms with Gasteiger partial charge in [0.15, 0.2) is 11.6 Å². The molecule has 0 radical (unpaired) electrons. The maximum atomic E-state index is 14.1. The van der Waals surface area contributed by atoms with Gasteiger partial charge in [-0.3, -0.25) is 4.90 Å². The molecule has 1 saturated heterocycles. The third kappa shape index (κ3) is 6.81. The molecule has 1 aliphatic carbocycles. The first-order chi connectivity index (χ1) is 20.8. The maximum Gasteiger partial charge on any atom is 0.335 e. The van der Waals surface area contributed by atoms with E-state index in [0.717, 1.165) is 55.6 Å². The standard InChI is InChI=1S/C32H31BrFN5O4/c33-22-5-7-28(25(34)17-22)42-19-23-2-1-3-30(36-23)43-24-8-14-38(15-9-24)18-29-37-26-6-4-21(31(40)41)16-27(26)39(29)20-32(10-11-32)12-13-35/h1-7,16-17,24H,8-12,14-15,18-20H2,(H,40,41). The molecule has 2 aromatic heterocycles. The molecule has 2 aromatic carbocycles. The number of nitrogens with zero attached hydrogens (tertiary/aromatic N) is 5. The fourth-order valence-corrected chi connectivity index (χ4v) is 5.91. The number of nitriles is 1. The Morgan fingerprint density at radius 3 is 2.67 bits per heavy atom. The van der Waals surface area contributed by atoms with Crippen LogP contribution in [0.25, 0.3) is 11.0 Å². The van der Waals surface area contributed by atoms with Crippen molar-refractivity contribution in [3.63, 3.8) is 0 Å². The molecule has 43 heavy (non-hydrogen) atoms. The number of carboxylic acid groups (broad SMARTS) is 1. The van der Waals surface area contributed by atoms with Gasteiger partial charge in [0.25, 0.3) is 0 Å². The predicted molar refractivity (Wildman–Crippen MR) is 160 cm³/mol. The van der Waals surface area contributed by atoms with Crippen LogP contribution in [0.5, 0.6) is 11.6 Å². The van der Waals surface area contributed by atoms with E-state index in [0.29, 0.717) is 35.6 Å². The van der Waals surface area contributed by atoms with E-state index in [1.165, 1.54) is 6.07 Å². The third-order valence-electron chi connectivity index (χ3n) is 8.22. The Balaban J connectivity index is 1.08. The molecule has 0 unspecified atom stereocenters. The van der Waals surface area contributed by atoms with Gasteiger partial charge < -0.3 is 19.1 Å². The van der Waals surface area contributed by atoms with Gasteiger partial charge in [-0.2, -0.15) is 5.26 Å². The highest BCUT2D eigenvalue weighted by Crippen LogP contribution is 2.50. The number of likely N-dealkylation sites (tertiary alicyclic amines) is 1. The summed E-state index contributed by atoms with van der Waals surface area (Å²) in [5.74, 6) is 0.152. The maximum absolute atomic E-state index is 14.1. The molecule has 0 atom stereocenters. The van der Waals surface area contributed by atoms with E-state index in [2.05, 4.69) is 36.5 Å². The summed E-state index contributed by atoms with van der Waals surface area (Å²) in [7, 11) is 0. The topological polar surface area (TPSA) is 114 Å². The number of aromatic carboxylic acids is 1. The van der Waals surface area contributed by atoms with E-state index in [-0.39, 0.29) is 29.4 Å². The summed E-state index contributed by atoms with van der Waals surface area (Å²) in [5, 5.41) is 18.9. The highest BCUT2D eigenvalue weighted by atomic mass is 79.9. The van der Waals surface area contributed by atoms with Crippen LogP contribution in [0.2, 0.25) is 0 Å². The van der Waals surface area contributed by atoms with Crippen LogP contribution in [0.4, 0.5) is 4.39 Å². The Morgan fingerprint density at radius 2 is 1.95 bits per heavy atom. The predicted octanol–water partition coefficient (Wildman–Crippen LogP) is 6.35. The molecule has 1 aliphatic heterocycles. The van der Waals surface area contributed by atoms with Crippen molar-refractivity contribution in [1.29, 1.82) is 5.26 Å². The normalized spacial score (nSPS) is 16.6. The molecular formula is C32H31BrFN5O4. The minimum Gasteiger partial charge on any atom is -0.484 e. The molecule has 0 amide bonds. The quantitative estimate of drug-likeness (QED) is 0.200. The molecule has 0 bridgehead atoms. The molecule has 2 aliphatic rings. The number of hydrogen-bond acceptors (Lipinski definition) is 7. The average molecular weight is 649 g/mol. The van der Waals surface area contributed by atoms with Crippen molar-refractivity contribution in [3.05, 3.63) is 82.0 Å². The second kappa shape index (κ2) is 12.3. The monoisotopic (exact) mass is 647 g/mol. The lowest BCUT2D eigenvalue weighted by atomic mass is 10.0. The first-order valence-electron chi connectivity index (χ1n) is 14.3. The minimum atomic E-state index is -0.970. The molecule has 6 rings (SSSR count). The number of aromatic nitrogens is 3. The number of piperidine rings is 1. The van der Waals surface area contributed by atoms with Gasteiger partial charge in [-0.15, -0.1) is 0 Å². The molecule has 9 nitrogen and oxygen atoms in total. The van der Waals surface area contributed by atoms with E-state index in [1.807, 2.05) is 18.2 Å². The number of halogens is 2. The number of hydrogen-bond donors (Lipinski definition) is 1. The number of benzene rings is 2. The zero-order valence-electron chi connectivity index (χ0n) is 23.5. The second-order valence-corrected chi connectivity index (χ2v) is 12.3. The van der Waals surface area contributed by atoms with Gasteiger partial charge in [0, 0.05) is 42.0 Å². The van der Waals surface area contributed by atoms with Crippen molar-refractivity contribution in [3.8, 4) is 17.7 Å². The average Bonchev–Trinajstić information content (AvgIpc) is 3.67. The van der Waals surface area contributed by atoms with Gasteiger partial charge in [0.2, 0.25) is 5.88 Å². The van der Waals surface area contributed by atoms with Crippen LogP contribution in [0.15, 0.2) is 59.1 Å². The number of pyridine rings is 1. The molecule has 3 heterocycles. The van der Waals surface area contributed by atoms with Gasteiger partial charge in [0.1, 0.15) is 18.5 Å².